The van der Waals surface area contributed by atoms with Gasteiger partial charge in [0.25, 0.3) is 5.91 Å². The number of aromatic amines is 1. The van der Waals surface area contributed by atoms with E-state index in [4.69, 9.17) is 9.72 Å². The Hall–Kier alpha value is -5.55. The van der Waals surface area contributed by atoms with E-state index >= 15 is 8.78 Å². The minimum Gasteiger partial charge on any atom is -0.461 e. The van der Waals surface area contributed by atoms with Crippen LogP contribution in [0.4, 0.5) is 19.0 Å². The van der Waals surface area contributed by atoms with Gasteiger partial charge in [-0.1, -0.05) is 18.2 Å². The first-order valence-electron chi connectivity index (χ1n) is 17.4. The van der Waals surface area contributed by atoms with E-state index in [9.17, 15) is 14.4 Å². The summed E-state index contributed by atoms with van der Waals surface area (Å²) >= 11 is 0. The molecule has 0 spiro atoms. The normalized spacial score (nSPS) is 22.2. The number of aryl methyl sites for hydroxylation is 1. The lowest BCUT2D eigenvalue weighted by Gasteiger charge is -2.41. The molecule has 1 N–H and O–H groups in total. The number of halogens is 3. The number of rotatable bonds is 8. The highest BCUT2D eigenvalue weighted by Gasteiger charge is 2.49. The van der Waals surface area contributed by atoms with Crippen LogP contribution in [0.3, 0.4) is 0 Å². The fraction of sp³-hybridized carbons (Fsp3) is 0.368. The van der Waals surface area contributed by atoms with Crippen LogP contribution < -0.4 is 9.64 Å². The zero-order valence-electron chi connectivity index (χ0n) is 28.5. The summed E-state index contributed by atoms with van der Waals surface area (Å²) in [5.41, 5.74) is 2.47. The van der Waals surface area contributed by atoms with Crippen LogP contribution in [0.25, 0.3) is 39.0 Å². The Bertz CT molecular complexity index is 2240. The molecule has 3 aromatic heterocycles. The van der Waals surface area contributed by atoms with Crippen LogP contribution in [0.5, 0.6) is 6.01 Å². The monoisotopic (exact) mass is 707 g/mol. The van der Waals surface area contributed by atoms with E-state index in [2.05, 4.69) is 31.1 Å². The highest BCUT2D eigenvalue weighted by Crippen LogP contribution is 2.41. The number of alkyl halides is 1. The molecule has 266 valence electrons. The van der Waals surface area contributed by atoms with E-state index in [1.54, 1.807) is 36.5 Å². The van der Waals surface area contributed by atoms with Crippen molar-refractivity contribution < 1.29 is 22.7 Å². The smallest absolute Gasteiger partial charge is 0.319 e. The SMILES string of the molecule is Cc1ccc2[nH]ncc2c1-c1ccc2c(N3CCN(C(=O)/C(F)=C/c4ccccn4)[C@@H](CC#N)C3)nc(OC[C@@]34CCCN3C[C@H](F)C4)nc2c1F. The van der Waals surface area contributed by atoms with Gasteiger partial charge in [0, 0.05) is 61.2 Å². The molecule has 5 aromatic rings. The standard InChI is InChI=1S/C38H36F3N9O2/c1-23-6-9-31-29(19-44-47-31)32(23)27-7-8-28-34(33(27)41)45-37(52-22-38-11-4-14-49(38)20-24(39)18-38)46-35(28)48-15-16-50(26(21-48)10-12-42)36(51)30(40)17-25-5-2-3-13-43-25/h2-3,5-9,13,17,19,24,26H,4,10-11,14-16,18,20-22H2,1H3,(H,44,47)/b30-17-/t24-,26+,38+/m1/s1. The molecular formula is C38H36F3N9O2. The van der Waals surface area contributed by atoms with E-state index < -0.39 is 35.3 Å². The lowest BCUT2D eigenvalue weighted by molar-refractivity contribution is -0.131. The number of nitrogens with one attached hydrogen (secondary N) is 1. The number of H-pyrrole nitrogens is 1. The fourth-order valence-electron chi connectivity index (χ4n) is 8.14. The molecule has 0 unspecified atom stereocenters. The van der Waals surface area contributed by atoms with Crippen molar-refractivity contribution in [1.29, 1.82) is 5.26 Å². The minimum atomic E-state index is -0.987. The van der Waals surface area contributed by atoms with Crippen molar-refractivity contribution in [2.24, 2.45) is 0 Å². The summed E-state index contributed by atoms with van der Waals surface area (Å²) < 4.78 is 53.0. The quantitative estimate of drug-likeness (QED) is 0.196. The Balaban J connectivity index is 1.17. The third-order valence-corrected chi connectivity index (χ3v) is 10.6. The van der Waals surface area contributed by atoms with Gasteiger partial charge in [0.15, 0.2) is 11.6 Å². The largest absolute Gasteiger partial charge is 0.461 e. The van der Waals surface area contributed by atoms with Gasteiger partial charge in [-0.25, -0.2) is 13.2 Å². The predicted octanol–water partition coefficient (Wildman–Crippen LogP) is 5.91. The van der Waals surface area contributed by atoms with E-state index in [-0.39, 0.29) is 44.2 Å². The fourth-order valence-corrected chi connectivity index (χ4v) is 8.14. The zero-order valence-corrected chi connectivity index (χ0v) is 28.5. The number of fused-ring (bicyclic) bond motifs is 3. The van der Waals surface area contributed by atoms with Gasteiger partial charge in [-0.15, -0.1) is 0 Å². The number of nitrogens with zero attached hydrogens (tertiary/aromatic N) is 8. The van der Waals surface area contributed by atoms with Gasteiger partial charge in [0.1, 0.15) is 24.1 Å². The Morgan fingerprint density at radius 1 is 1.13 bits per heavy atom. The highest BCUT2D eigenvalue weighted by atomic mass is 19.1. The van der Waals surface area contributed by atoms with Gasteiger partial charge < -0.3 is 14.5 Å². The Kier molecular flexibility index (Phi) is 8.74. The summed E-state index contributed by atoms with van der Waals surface area (Å²) in [4.78, 5) is 32.1. The number of hydrogen-bond acceptors (Lipinski definition) is 9. The number of amides is 1. The van der Waals surface area contributed by atoms with Crippen LogP contribution in [-0.2, 0) is 4.79 Å². The van der Waals surface area contributed by atoms with Gasteiger partial charge in [0.05, 0.1) is 41.5 Å². The summed E-state index contributed by atoms with van der Waals surface area (Å²) in [6, 6.07) is 13.6. The molecule has 6 heterocycles. The number of aromatic nitrogens is 5. The summed E-state index contributed by atoms with van der Waals surface area (Å²) in [6.45, 7) is 3.61. The first kappa shape index (κ1) is 33.6. The van der Waals surface area contributed by atoms with E-state index in [1.165, 1.54) is 11.1 Å². The van der Waals surface area contributed by atoms with Crippen molar-refractivity contribution in [3.8, 4) is 23.2 Å². The number of nitriles is 1. The number of benzene rings is 2. The van der Waals surface area contributed by atoms with Gasteiger partial charge in [-0.3, -0.25) is 19.8 Å². The van der Waals surface area contributed by atoms with Crippen LogP contribution in [0, 0.1) is 24.1 Å². The second-order valence-electron chi connectivity index (χ2n) is 13.8. The molecule has 0 saturated carbocycles. The maximum atomic E-state index is 16.9. The van der Waals surface area contributed by atoms with Crippen molar-refractivity contribution in [3.63, 3.8) is 0 Å². The van der Waals surface area contributed by atoms with Gasteiger partial charge in [-0.2, -0.15) is 20.3 Å². The van der Waals surface area contributed by atoms with Crippen molar-refractivity contribution in [3.05, 3.63) is 77.8 Å². The molecule has 14 heteroatoms. The maximum absolute atomic E-state index is 16.9. The topological polar surface area (TPSA) is 127 Å². The third kappa shape index (κ3) is 5.98. The van der Waals surface area contributed by atoms with Crippen LogP contribution >= 0.6 is 0 Å². The van der Waals surface area contributed by atoms with Crippen LogP contribution in [0.15, 0.2) is 60.7 Å². The second kappa shape index (κ2) is 13.5. The zero-order chi connectivity index (χ0) is 36.0. The molecule has 3 fully saturated rings. The lowest BCUT2D eigenvalue weighted by Crippen LogP contribution is -2.55. The second-order valence-corrected chi connectivity index (χ2v) is 13.8. The Morgan fingerprint density at radius 2 is 2.02 bits per heavy atom. The number of carbonyl (C=O) groups is 1. The average molecular weight is 708 g/mol. The van der Waals surface area contributed by atoms with Crippen molar-refractivity contribution in [2.75, 3.05) is 44.2 Å². The molecule has 8 rings (SSSR count). The van der Waals surface area contributed by atoms with Crippen molar-refractivity contribution in [1.82, 2.24) is 34.9 Å². The molecule has 3 aliphatic rings. The highest BCUT2D eigenvalue weighted by molar-refractivity contribution is 6.00. The molecular weight excluding hydrogens is 671 g/mol. The summed E-state index contributed by atoms with van der Waals surface area (Å²) in [6.07, 6.45) is 5.27. The molecule has 1 amide bonds. The maximum Gasteiger partial charge on any atom is 0.319 e. The minimum absolute atomic E-state index is 0.0349. The number of hydrogen-bond donors (Lipinski definition) is 1. The first-order valence-corrected chi connectivity index (χ1v) is 17.4. The summed E-state index contributed by atoms with van der Waals surface area (Å²) in [7, 11) is 0. The van der Waals surface area contributed by atoms with Crippen LogP contribution in [0.1, 0.15) is 36.9 Å². The molecule has 3 aliphatic heterocycles. The lowest BCUT2D eigenvalue weighted by atomic mass is 9.95. The molecule has 0 bridgehead atoms. The molecule has 0 aliphatic carbocycles. The third-order valence-electron chi connectivity index (χ3n) is 10.6. The predicted molar refractivity (Wildman–Crippen MR) is 189 cm³/mol. The van der Waals surface area contributed by atoms with Crippen LogP contribution in [0.2, 0.25) is 0 Å². The van der Waals surface area contributed by atoms with Gasteiger partial charge in [-0.05, 0) is 61.7 Å². The molecule has 52 heavy (non-hydrogen) atoms. The number of anilines is 1. The number of carbonyl (C=O) groups excluding carboxylic acids is 1. The molecule has 0 radical (unpaired) electrons. The average Bonchev–Trinajstić information content (AvgIpc) is 3.86. The molecule has 3 atom stereocenters. The van der Waals surface area contributed by atoms with Crippen LogP contribution in [-0.4, -0.2) is 97.9 Å². The molecule has 11 nitrogen and oxygen atoms in total. The Morgan fingerprint density at radius 3 is 2.85 bits per heavy atom. The first-order chi connectivity index (χ1) is 25.2. The van der Waals surface area contributed by atoms with E-state index in [1.807, 2.05) is 24.0 Å². The summed E-state index contributed by atoms with van der Waals surface area (Å²) in [5.74, 6) is -2.04. The molecule has 3 saturated heterocycles. The number of ether oxygens (including phenoxy) is 1. The van der Waals surface area contributed by atoms with E-state index in [0.717, 1.165) is 41.9 Å². The van der Waals surface area contributed by atoms with Gasteiger partial charge in [0.2, 0.25) is 0 Å². The Labute approximate surface area is 297 Å². The van der Waals surface area contributed by atoms with Crippen molar-refractivity contribution >= 4 is 39.6 Å². The molecule has 2 aromatic carbocycles. The number of pyridine rings is 1. The van der Waals surface area contributed by atoms with Gasteiger partial charge >= 0.3 is 6.01 Å². The van der Waals surface area contributed by atoms with E-state index in [0.29, 0.717) is 41.0 Å². The van der Waals surface area contributed by atoms with Crippen molar-refractivity contribution in [2.45, 2.75) is 50.4 Å². The number of piperazine rings is 1. The summed E-state index contributed by atoms with van der Waals surface area (Å²) in [5, 5.41) is 18.0.